The van der Waals surface area contributed by atoms with Gasteiger partial charge in [0.25, 0.3) is 0 Å². The Hall–Kier alpha value is -3.10. The van der Waals surface area contributed by atoms with E-state index in [1.165, 1.54) is 28.8 Å². The highest BCUT2D eigenvalue weighted by atomic mass is 32.2. The van der Waals surface area contributed by atoms with Gasteiger partial charge in [-0.2, -0.15) is 5.10 Å². The minimum absolute atomic E-state index is 0.218. The number of benzene rings is 3. The maximum absolute atomic E-state index is 15.7. The molecule has 3 aromatic carbocycles. The van der Waals surface area contributed by atoms with E-state index >= 15 is 4.39 Å². The SMILES string of the molecule is CS(=O)(=O)N1CCC(Cc2ccccc2)(c2cc3cnn(-c4ccc(F)cc4)c3cc2F)C1. The molecule has 5 rings (SSSR count). The molecule has 0 spiro atoms. The van der Waals surface area contributed by atoms with Crippen LogP contribution in [0.4, 0.5) is 8.78 Å². The summed E-state index contributed by atoms with van der Waals surface area (Å²) in [4.78, 5) is 0. The molecule has 0 N–H and O–H groups in total. The molecule has 1 atom stereocenters. The molecular weight excluding hydrogens is 444 g/mol. The smallest absolute Gasteiger partial charge is 0.211 e. The Morgan fingerprint density at radius 3 is 2.42 bits per heavy atom. The van der Waals surface area contributed by atoms with Crippen LogP contribution in [0, 0.1) is 11.6 Å². The van der Waals surface area contributed by atoms with E-state index in [0.717, 1.165) is 10.9 Å². The van der Waals surface area contributed by atoms with Gasteiger partial charge in [0.15, 0.2) is 0 Å². The quantitative estimate of drug-likeness (QED) is 0.436. The first-order chi connectivity index (χ1) is 15.7. The molecule has 1 aliphatic rings. The van der Waals surface area contributed by atoms with Crippen LogP contribution in [0.2, 0.25) is 0 Å². The molecule has 0 bridgehead atoms. The van der Waals surface area contributed by atoms with Crippen LogP contribution in [0.5, 0.6) is 0 Å². The summed E-state index contributed by atoms with van der Waals surface area (Å²) >= 11 is 0. The van der Waals surface area contributed by atoms with Gasteiger partial charge in [-0.15, -0.1) is 0 Å². The second-order valence-corrected chi connectivity index (χ2v) is 10.7. The number of halogens is 2. The summed E-state index contributed by atoms with van der Waals surface area (Å²) < 4.78 is 56.6. The molecule has 0 radical (unpaired) electrons. The third kappa shape index (κ3) is 4.05. The molecule has 2 heterocycles. The normalized spacial score (nSPS) is 19.4. The number of nitrogens with zero attached hydrogens (tertiary/aromatic N) is 3. The van der Waals surface area contributed by atoms with Gasteiger partial charge in [0.05, 0.1) is 23.7 Å². The van der Waals surface area contributed by atoms with Crippen molar-refractivity contribution < 1.29 is 17.2 Å². The standard InChI is InChI=1S/C25H23F2N3O2S/c1-33(31,32)29-12-11-25(17-29,15-18-5-3-2-4-6-18)22-13-19-16-28-30(24(19)14-23(22)27)21-9-7-20(26)8-10-21/h2-10,13-14,16H,11-12,15,17H2,1H3. The van der Waals surface area contributed by atoms with Crippen LogP contribution >= 0.6 is 0 Å². The third-order valence-electron chi connectivity index (χ3n) is 6.47. The van der Waals surface area contributed by atoms with Crippen LogP contribution in [0.3, 0.4) is 0 Å². The van der Waals surface area contributed by atoms with E-state index in [1.54, 1.807) is 29.1 Å². The summed E-state index contributed by atoms with van der Waals surface area (Å²) in [5.41, 5.74) is 2.01. The zero-order valence-electron chi connectivity index (χ0n) is 18.1. The third-order valence-corrected chi connectivity index (χ3v) is 7.72. The van der Waals surface area contributed by atoms with Gasteiger partial charge in [-0.3, -0.25) is 0 Å². The minimum atomic E-state index is -3.40. The van der Waals surface area contributed by atoms with Gasteiger partial charge < -0.3 is 0 Å². The maximum Gasteiger partial charge on any atom is 0.211 e. The summed E-state index contributed by atoms with van der Waals surface area (Å²) in [5.74, 6) is -0.763. The predicted octanol–water partition coefficient (Wildman–Crippen LogP) is 4.45. The molecule has 0 saturated carbocycles. The van der Waals surface area contributed by atoms with Crippen molar-refractivity contribution in [2.45, 2.75) is 18.3 Å². The van der Waals surface area contributed by atoms with E-state index in [4.69, 9.17) is 0 Å². The maximum atomic E-state index is 15.7. The van der Waals surface area contributed by atoms with Crippen molar-refractivity contribution in [3.8, 4) is 5.69 Å². The molecule has 1 fully saturated rings. The van der Waals surface area contributed by atoms with E-state index in [2.05, 4.69) is 5.10 Å². The highest BCUT2D eigenvalue weighted by molar-refractivity contribution is 7.88. The fourth-order valence-electron chi connectivity index (χ4n) is 4.81. The van der Waals surface area contributed by atoms with E-state index in [1.807, 2.05) is 30.3 Å². The largest absolute Gasteiger partial charge is 0.233 e. The molecule has 5 nitrogen and oxygen atoms in total. The fraction of sp³-hybridized carbons (Fsp3) is 0.240. The van der Waals surface area contributed by atoms with Crippen LogP contribution in [-0.4, -0.2) is 41.8 Å². The van der Waals surface area contributed by atoms with E-state index in [0.29, 0.717) is 36.2 Å². The zero-order valence-corrected chi connectivity index (χ0v) is 18.9. The molecule has 0 amide bonds. The number of sulfonamides is 1. The molecule has 1 saturated heterocycles. The van der Waals surface area contributed by atoms with Crippen molar-refractivity contribution in [2.75, 3.05) is 19.3 Å². The van der Waals surface area contributed by atoms with Crippen molar-refractivity contribution in [3.63, 3.8) is 0 Å². The van der Waals surface area contributed by atoms with Crippen LogP contribution in [-0.2, 0) is 21.9 Å². The van der Waals surface area contributed by atoms with Crippen molar-refractivity contribution in [1.29, 1.82) is 0 Å². The average Bonchev–Trinajstić information content (AvgIpc) is 3.39. The second-order valence-electron chi connectivity index (χ2n) is 8.71. The Balaban J connectivity index is 1.62. The summed E-state index contributed by atoms with van der Waals surface area (Å²) in [5, 5.41) is 5.12. The van der Waals surface area contributed by atoms with Crippen LogP contribution in [0.25, 0.3) is 16.6 Å². The molecule has 33 heavy (non-hydrogen) atoms. The number of fused-ring (bicyclic) bond motifs is 1. The van der Waals surface area contributed by atoms with Gasteiger partial charge in [0.1, 0.15) is 11.6 Å². The Morgan fingerprint density at radius 1 is 1.03 bits per heavy atom. The monoisotopic (exact) mass is 467 g/mol. The average molecular weight is 468 g/mol. The summed E-state index contributed by atoms with van der Waals surface area (Å²) in [6.45, 7) is 0.563. The molecule has 170 valence electrons. The molecule has 1 unspecified atom stereocenters. The van der Waals surface area contributed by atoms with Crippen LogP contribution in [0.15, 0.2) is 72.9 Å². The van der Waals surface area contributed by atoms with Gasteiger partial charge in [-0.05, 0) is 54.3 Å². The first-order valence-corrected chi connectivity index (χ1v) is 12.5. The van der Waals surface area contributed by atoms with E-state index < -0.39 is 21.3 Å². The molecule has 8 heteroatoms. The first-order valence-electron chi connectivity index (χ1n) is 10.7. The highest BCUT2D eigenvalue weighted by Crippen LogP contribution is 2.41. The lowest BCUT2D eigenvalue weighted by Gasteiger charge is -2.30. The van der Waals surface area contributed by atoms with Gasteiger partial charge in [-0.1, -0.05) is 30.3 Å². The van der Waals surface area contributed by atoms with Crippen molar-refractivity contribution >= 4 is 20.9 Å². The zero-order chi connectivity index (χ0) is 23.2. The summed E-state index contributed by atoms with van der Waals surface area (Å²) in [6, 6.07) is 18.8. The van der Waals surface area contributed by atoms with E-state index in [-0.39, 0.29) is 12.4 Å². The van der Waals surface area contributed by atoms with Crippen LogP contribution in [0.1, 0.15) is 17.5 Å². The molecular formula is C25H23F2N3O2S. The minimum Gasteiger partial charge on any atom is -0.233 e. The lowest BCUT2D eigenvalue weighted by atomic mass is 9.74. The first kappa shape index (κ1) is 21.7. The summed E-state index contributed by atoms with van der Waals surface area (Å²) in [6.07, 6.45) is 3.89. The van der Waals surface area contributed by atoms with Crippen LogP contribution < -0.4 is 0 Å². The van der Waals surface area contributed by atoms with E-state index in [9.17, 15) is 12.8 Å². The second kappa shape index (κ2) is 8.04. The predicted molar refractivity (Wildman–Crippen MR) is 124 cm³/mol. The fourth-order valence-corrected chi connectivity index (χ4v) is 5.71. The van der Waals surface area contributed by atoms with Gasteiger partial charge >= 0.3 is 0 Å². The van der Waals surface area contributed by atoms with Crippen molar-refractivity contribution in [2.24, 2.45) is 0 Å². The summed E-state index contributed by atoms with van der Waals surface area (Å²) in [7, 11) is -3.40. The molecule has 4 aromatic rings. The van der Waals surface area contributed by atoms with Gasteiger partial charge in [-0.25, -0.2) is 26.2 Å². The molecule has 1 aliphatic heterocycles. The van der Waals surface area contributed by atoms with Gasteiger partial charge in [0, 0.05) is 30.0 Å². The number of rotatable bonds is 5. The Labute approximate surface area is 191 Å². The van der Waals surface area contributed by atoms with Crippen molar-refractivity contribution in [3.05, 3.63) is 95.7 Å². The molecule has 0 aliphatic carbocycles. The Kier molecular flexibility index (Phi) is 5.29. The highest BCUT2D eigenvalue weighted by Gasteiger charge is 2.44. The topological polar surface area (TPSA) is 55.2 Å². The number of aromatic nitrogens is 2. The Morgan fingerprint density at radius 2 is 1.76 bits per heavy atom. The lowest BCUT2D eigenvalue weighted by Crippen LogP contribution is -2.36. The lowest BCUT2D eigenvalue weighted by molar-refractivity contribution is 0.402. The number of hydrogen-bond acceptors (Lipinski definition) is 3. The molecule has 1 aromatic heterocycles. The number of hydrogen-bond donors (Lipinski definition) is 0. The van der Waals surface area contributed by atoms with Crippen molar-refractivity contribution in [1.82, 2.24) is 14.1 Å². The Bertz CT molecular complexity index is 1420. The van der Waals surface area contributed by atoms with Gasteiger partial charge in [0.2, 0.25) is 10.0 Å².